The summed E-state index contributed by atoms with van der Waals surface area (Å²) in [6, 6.07) is 6.27. The van der Waals surface area contributed by atoms with Gasteiger partial charge in [-0.2, -0.15) is 4.73 Å². The SMILES string of the molecule is C[C@@H](C(=O)Nc1ccc(Oc2ncc(F)cc2F)cn1)[C@H]1CCC(F)(F)[C@@H](c2cc[n+]([O-])cc2)C1. The van der Waals surface area contributed by atoms with Gasteiger partial charge in [-0.3, -0.25) is 4.79 Å². The van der Waals surface area contributed by atoms with E-state index in [1.165, 1.54) is 42.9 Å². The largest absolute Gasteiger partial charge is 0.619 e. The van der Waals surface area contributed by atoms with Crippen LogP contribution in [-0.2, 0) is 4.79 Å². The van der Waals surface area contributed by atoms with E-state index in [1.54, 1.807) is 6.92 Å². The number of pyridine rings is 3. The van der Waals surface area contributed by atoms with Gasteiger partial charge >= 0.3 is 0 Å². The van der Waals surface area contributed by atoms with Crippen LogP contribution in [0.2, 0.25) is 0 Å². The highest BCUT2D eigenvalue weighted by atomic mass is 19.3. The Balaban J connectivity index is 1.39. The van der Waals surface area contributed by atoms with Crippen LogP contribution in [0, 0.1) is 28.7 Å². The zero-order valence-corrected chi connectivity index (χ0v) is 18.6. The smallest absolute Gasteiger partial charge is 0.256 e. The summed E-state index contributed by atoms with van der Waals surface area (Å²) < 4.78 is 61.7. The van der Waals surface area contributed by atoms with Gasteiger partial charge < -0.3 is 15.3 Å². The molecule has 4 rings (SSSR count). The number of amides is 1. The van der Waals surface area contributed by atoms with Crippen LogP contribution in [0.3, 0.4) is 0 Å². The molecule has 3 atom stereocenters. The highest BCUT2D eigenvalue weighted by molar-refractivity contribution is 5.91. The Bertz CT molecular complexity index is 1190. The third kappa shape index (κ3) is 5.67. The molecule has 1 aliphatic rings. The molecule has 1 N–H and O–H groups in total. The van der Waals surface area contributed by atoms with Gasteiger partial charge in [0.1, 0.15) is 17.4 Å². The number of hydrogen-bond donors (Lipinski definition) is 1. The van der Waals surface area contributed by atoms with Crippen molar-refractivity contribution >= 4 is 11.7 Å². The molecule has 0 spiro atoms. The monoisotopic (exact) mass is 490 g/mol. The molecule has 11 heteroatoms. The van der Waals surface area contributed by atoms with Crippen molar-refractivity contribution in [1.29, 1.82) is 0 Å². The number of carbonyl (C=O) groups excluding carboxylic acids is 1. The Morgan fingerprint density at radius 2 is 1.94 bits per heavy atom. The molecule has 1 amide bonds. The van der Waals surface area contributed by atoms with Crippen LogP contribution in [0.15, 0.2) is 55.1 Å². The van der Waals surface area contributed by atoms with E-state index in [0.717, 1.165) is 6.20 Å². The van der Waals surface area contributed by atoms with Crippen molar-refractivity contribution in [2.45, 2.75) is 38.0 Å². The molecule has 7 nitrogen and oxygen atoms in total. The summed E-state index contributed by atoms with van der Waals surface area (Å²) in [4.78, 5) is 20.4. The average molecular weight is 490 g/mol. The molecule has 35 heavy (non-hydrogen) atoms. The van der Waals surface area contributed by atoms with Gasteiger partial charge in [0, 0.05) is 36.5 Å². The van der Waals surface area contributed by atoms with E-state index in [0.29, 0.717) is 16.4 Å². The zero-order chi connectivity index (χ0) is 25.2. The lowest BCUT2D eigenvalue weighted by Gasteiger charge is -2.38. The second-order valence-corrected chi connectivity index (χ2v) is 8.54. The first-order valence-corrected chi connectivity index (χ1v) is 10.9. The number of nitrogens with one attached hydrogen (secondary N) is 1. The summed E-state index contributed by atoms with van der Waals surface area (Å²) in [5.41, 5.74) is 0.365. The summed E-state index contributed by atoms with van der Waals surface area (Å²) in [7, 11) is 0. The Morgan fingerprint density at radius 3 is 2.60 bits per heavy atom. The molecule has 0 unspecified atom stereocenters. The average Bonchev–Trinajstić information content (AvgIpc) is 2.82. The van der Waals surface area contributed by atoms with Crippen LogP contribution in [-0.4, -0.2) is 21.8 Å². The second-order valence-electron chi connectivity index (χ2n) is 8.54. The molecule has 1 fully saturated rings. The predicted molar refractivity (Wildman–Crippen MR) is 117 cm³/mol. The Kier molecular flexibility index (Phi) is 6.86. The van der Waals surface area contributed by atoms with E-state index in [2.05, 4.69) is 15.3 Å². The maximum Gasteiger partial charge on any atom is 0.256 e. The van der Waals surface area contributed by atoms with Crippen molar-refractivity contribution in [3.63, 3.8) is 0 Å². The fraction of sp³-hybridized carbons (Fsp3) is 0.333. The zero-order valence-electron chi connectivity index (χ0n) is 18.6. The quantitative estimate of drug-likeness (QED) is 0.299. The highest BCUT2D eigenvalue weighted by Crippen LogP contribution is 2.48. The topological polar surface area (TPSA) is 91.0 Å². The van der Waals surface area contributed by atoms with E-state index >= 15 is 0 Å². The first-order valence-electron chi connectivity index (χ1n) is 10.9. The van der Waals surface area contributed by atoms with Crippen LogP contribution in [0.1, 0.15) is 37.7 Å². The molecular formula is C24H22F4N4O3. The van der Waals surface area contributed by atoms with Gasteiger partial charge in [0.2, 0.25) is 5.91 Å². The van der Waals surface area contributed by atoms with E-state index in [1.807, 2.05) is 0 Å². The van der Waals surface area contributed by atoms with Crippen molar-refractivity contribution in [1.82, 2.24) is 9.97 Å². The number of aromatic nitrogens is 3. The molecule has 0 saturated heterocycles. The van der Waals surface area contributed by atoms with E-state index in [4.69, 9.17) is 4.74 Å². The number of alkyl halides is 2. The molecule has 3 aromatic heterocycles. The molecular weight excluding hydrogens is 468 g/mol. The summed E-state index contributed by atoms with van der Waals surface area (Å²) in [6.45, 7) is 1.68. The van der Waals surface area contributed by atoms with E-state index in [-0.39, 0.29) is 42.7 Å². The molecule has 1 aliphatic carbocycles. The van der Waals surface area contributed by atoms with Crippen LogP contribution in [0.25, 0.3) is 0 Å². The fourth-order valence-corrected chi connectivity index (χ4v) is 4.19. The molecule has 3 aromatic rings. The number of anilines is 1. The van der Waals surface area contributed by atoms with E-state index < -0.39 is 35.3 Å². The Morgan fingerprint density at radius 1 is 1.20 bits per heavy atom. The standard InChI is InChI=1S/C24H22F4N4O3/c1-14(16-4-7-24(27,28)19(10-16)15-5-8-32(34)9-6-15)22(33)31-21-3-2-18(13-29-21)35-23-20(26)11-17(25)12-30-23/h2-3,5-6,8-9,11-14,16,19H,4,7,10H2,1H3,(H,29,31,33)/t14-,16+,19-/m1/s1. The van der Waals surface area contributed by atoms with Gasteiger partial charge in [-0.25, -0.2) is 27.5 Å². The van der Waals surface area contributed by atoms with Gasteiger partial charge in [-0.1, -0.05) is 6.92 Å². The van der Waals surface area contributed by atoms with Gasteiger partial charge in [0.05, 0.1) is 12.4 Å². The summed E-state index contributed by atoms with van der Waals surface area (Å²) in [5, 5.41) is 13.9. The maximum atomic E-state index is 14.6. The first kappa shape index (κ1) is 24.4. The molecule has 1 saturated carbocycles. The molecule has 0 bridgehead atoms. The van der Waals surface area contributed by atoms with E-state index in [9.17, 15) is 27.6 Å². The number of hydrogen-bond acceptors (Lipinski definition) is 5. The number of carbonyl (C=O) groups is 1. The minimum absolute atomic E-state index is 0.0981. The number of ether oxygens (including phenoxy) is 1. The van der Waals surface area contributed by atoms with Crippen molar-refractivity contribution < 1.29 is 31.8 Å². The summed E-state index contributed by atoms with van der Waals surface area (Å²) >= 11 is 0. The van der Waals surface area contributed by atoms with Gasteiger partial charge in [0.15, 0.2) is 18.2 Å². The third-order valence-corrected chi connectivity index (χ3v) is 6.22. The minimum Gasteiger partial charge on any atom is -0.619 e. The van der Waals surface area contributed by atoms with Crippen molar-refractivity contribution in [3.05, 3.63) is 77.5 Å². The number of rotatable bonds is 6. The van der Waals surface area contributed by atoms with Crippen LogP contribution in [0.4, 0.5) is 23.4 Å². The Labute approximate surface area is 198 Å². The minimum atomic E-state index is -2.93. The van der Waals surface area contributed by atoms with Gasteiger partial charge in [-0.05, 0) is 36.5 Å². The molecule has 184 valence electrons. The van der Waals surface area contributed by atoms with Crippen LogP contribution < -0.4 is 14.8 Å². The van der Waals surface area contributed by atoms with Crippen molar-refractivity contribution in [2.75, 3.05) is 5.32 Å². The second kappa shape index (κ2) is 9.85. The van der Waals surface area contributed by atoms with Crippen molar-refractivity contribution in [2.24, 2.45) is 11.8 Å². The molecule has 0 aliphatic heterocycles. The molecule has 3 heterocycles. The maximum absolute atomic E-state index is 14.6. The third-order valence-electron chi connectivity index (χ3n) is 6.22. The lowest BCUT2D eigenvalue weighted by Crippen LogP contribution is -2.38. The summed E-state index contributed by atoms with van der Waals surface area (Å²) in [6.07, 6.45) is 4.34. The predicted octanol–water partition coefficient (Wildman–Crippen LogP) is 4.97. The highest BCUT2D eigenvalue weighted by Gasteiger charge is 2.47. The lowest BCUT2D eigenvalue weighted by molar-refractivity contribution is -0.605. The molecule has 0 aromatic carbocycles. The Hall–Kier alpha value is -3.76. The normalized spacial score (nSPS) is 20.1. The fourth-order valence-electron chi connectivity index (χ4n) is 4.19. The van der Waals surface area contributed by atoms with Crippen LogP contribution >= 0.6 is 0 Å². The molecule has 0 radical (unpaired) electrons. The number of halogens is 4. The summed E-state index contributed by atoms with van der Waals surface area (Å²) in [5.74, 6) is -7.20. The lowest BCUT2D eigenvalue weighted by atomic mass is 9.71. The van der Waals surface area contributed by atoms with Gasteiger partial charge in [0.25, 0.3) is 11.8 Å². The van der Waals surface area contributed by atoms with Crippen LogP contribution in [0.5, 0.6) is 11.6 Å². The van der Waals surface area contributed by atoms with Crippen molar-refractivity contribution in [3.8, 4) is 11.6 Å². The van der Waals surface area contributed by atoms with Gasteiger partial charge in [-0.15, -0.1) is 0 Å². The number of nitrogens with zero attached hydrogens (tertiary/aromatic N) is 3. The first-order chi connectivity index (χ1) is 16.6.